The lowest BCUT2D eigenvalue weighted by Gasteiger charge is -2.22. The average Bonchev–Trinajstić information content (AvgIpc) is 3.39. The number of aryl methyl sites for hydroxylation is 4. The monoisotopic (exact) mass is 470 g/mol. The van der Waals surface area contributed by atoms with Crippen molar-refractivity contribution in [3.63, 3.8) is 0 Å². The highest BCUT2D eigenvalue weighted by molar-refractivity contribution is 7.12. The van der Waals surface area contributed by atoms with Gasteiger partial charge in [-0.3, -0.25) is 9.97 Å². The van der Waals surface area contributed by atoms with E-state index in [0.717, 1.165) is 27.6 Å². The zero-order valence-electron chi connectivity index (χ0n) is 19.7. The van der Waals surface area contributed by atoms with Crippen molar-refractivity contribution in [3.8, 4) is 5.75 Å². The standard InChI is InChI=1S/C28H26N2OS2/c1-13-15(3)32-17(5)21(13)23-24-25-19(9-7-11-29-25)20-10-8-12-30-26(20)28(24)31-27(23)22-14(2)16(4)33-18(22)6/h7-12,23,27H,1-6H3. The molecule has 3 nitrogen and oxygen atoms in total. The van der Waals surface area contributed by atoms with Gasteiger partial charge in [0.1, 0.15) is 11.6 Å². The molecule has 0 saturated heterocycles. The summed E-state index contributed by atoms with van der Waals surface area (Å²) in [6.45, 7) is 13.4. The lowest BCUT2D eigenvalue weighted by Crippen LogP contribution is -2.14. The molecular weight excluding hydrogens is 444 g/mol. The normalized spacial score (nSPS) is 17.6. The molecule has 0 amide bonds. The van der Waals surface area contributed by atoms with E-state index in [1.807, 2.05) is 47.2 Å². The summed E-state index contributed by atoms with van der Waals surface area (Å²) in [6.07, 6.45) is 3.68. The molecule has 4 aromatic heterocycles. The molecule has 166 valence electrons. The minimum Gasteiger partial charge on any atom is -0.482 e. The molecule has 1 aliphatic heterocycles. The average molecular weight is 471 g/mol. The highest BCUT2D eigenvalue weighted by atomic mass is 32.1. The molecule has 2 unspecified atom stereocenters. The zero-order valence-corrected chi connectivity index (χ0v) is 21.4. The van der Waals surface area contributed by atoms with E-state index in [1.165, 1.54) is 47.3 Å². The van der Waals surface area contributed by atoms with Crippen LogP contribution >= 0.6 is 22.7 Å². The Hall–Kier alpha value is -2.76. The van der Waals surface area contributed by atoms with E-state index in [0.29, 0.717) is 0 Å². The third kappa shape index (κ3) is 2.85. The number of fused-ring (bicyclic) bond motifs is 6. The summed E-state index contributed by atoms with van der Waals surface area (Å²) in [4.78, 5) is 15.2. The van der Waals surface area contributed by atoms with Crippen LogP contribution in [-0.4, -0.2) is 9.97 Å². The number of rotatable bonds is 2. The minimum absolute atomic E-state index is 0.0835. The van der Waals surface area contributed by atoms with Crippen molar-refractivity contribution in [2.24, 2.45) is 0 Å². The molecule has 0 fully saturated rings. The zero-order chi connectivity index (χ0) is 23.0. The quantitative estimate of drug-likeness (QED) is 0.245. The Morgan fingerprint density at radius 3 is 1.79 bits per heavy atom. The topological polar surface area (TPSA) is 35.0 Å². The number of hydrogen-bond donors (Lipinski definition) is 0. The Bertz CT molecular complexity index is 1580. The SMILES string of the molecule is Cc1sc(C)c(C2Oc3c(c4ncccc4c4cccnc34)C2c2c(C)sc(C)c2C)c1C. The van der Waals surface area contributed by atoms with Crippen LogP contribution in [0.1, 0.15) is 59.3 Å². The lowest BCUT2D eigenvalue weighted by molar-refractivity contribution is 0.223. The van der Waals surface area contributed by atoms with Gasteiger partial charge in [0, 0.05) is 53.8 Å². The molecule has 0 radical (unpaired) electrons. The third-order valence-corrected chi connectivity index (χ3v) is 9.59. The van der Waals surface area contributed by atoms with Crippen molar-refractivity contribution in [1.29, 1.82) is 0 Å². The Labute approximate surface area is 202 Å². The van der Waals surface area contributed by atoms with E-state index in [4.69, 9.17) is 14.7 Å². The molecule has 0 spiro atoms. The Morgan fingerprint density at radius 2 is 1.21 bits per heavy atom. The van der Waals surface area contributed by atoms with E-state index in [9.17, 15) is 0 Å². The Balaban J connectivity index is 1.76. The van der Waals surface area contributed by atoms with Gasteiger partial charge in [0.15, 0.2) is 5.75 Å². The summed E-state index contributed by atoms with van der Waals surface area (Å²) >= 11 is 3.76. The first-order valence-corrected chi connectivity index (χ1v) is 13.0. The Kier molecular flexibility index (Phi) is 4.65. The van der Waals surface area contributed by atoms with Gasteiger partial charge in [0.2, 0.25) is 0 Å². The Morgan fingerprint density at radius 1 is 0.667 bits per heavy atom. The van der Waals surface area contributed by atoms with Crippen LogP contribution in [-0.2, 0) is 0 Å². The van der Waals surface area contributed by atoms with E-state index < -0.39 is 0 Å². The largest absolute Gasteiger partial charge is 0.482 e. The maximum Gasteiger partial charge on any atom is 0.152 e. The number of pyridine rings is 2. The first-order chi connectivity index (χ1) is 15.9. The molecule has 1 aliphatic rings. The predicted molar refractivity (Wildman–Crippen MR) is 139 cm³/mol. The molecule has 0 N–H and O–H groups in total. The van der Waals surface area contributed by atoms with Gasteiger partial charge in [-0.1, -0.05) is 12.1 Å². The van der Waals surface area contributed by atoms with Gasteiger partial charge in [-0.05, 0) is 70.4 Å². The van der Waals surface area contributed by atoms with Crippen LogP contribution in [0.3, 0.4) is 0 Å². The highest BCUT2D eigenvalue weighted by Gasteiger charge is 2.44. The number of aromatic nitrogens is 2. The van der Waals surface area contributed by atoms with Gasteiger partial charge in [0.05, 0.1) is 11.4 Å². The lowest BCUT2D eigenvalue weighted by atomic mass is 9.81. The predicted octanol–water partition coefficient (Wildman–Crippen LogP) is 8.02. The number of hydrogen-bond acceptors (Lipinski definition) is 5. The van der Waals surface area contributed by atoms with Crippen molar-refractivity contribution in [2.45, 2.75) is 53.6 Å². The van der Waals surface area contributed by atoms with Gasteiger partial charge < -0.3 is 4.74 Å². The van der Waals surface area contributed by atoms with Crippen LogP contribution in [0.4, 0.5) is 0 Å². The van der Waals surface area contributed by atoms with Gasteiger partial charge in [-0.2, -0.15) is 0 Å². The van der Waals surface area contributed by atoms with Crippen molar-refractivity contribution < 1.29 is 4.74 Å². The van der Waals surface area contributed by atoms with Crippen molar-refractivity contribution in [1.82, 2.24) is 9.97 Å². The van der Waals surface area contributed by atoms with Gasteiger partial charge in [-0.15, -0.1) is 22.7 Å². The van der Waals surface area contributed by atoms with Crippen LogP contribution in [0.2, 0.25) is 0 Å². The maximum atomic E-state index is 6.98. The molecule has 1 aromatic carbocycles. The molecule has 5 aromatic rings. The first-order valence-electron chi connectivity index (χ1n) is 11.3. The number of benzene rings is 1. The number of thiophene rings is 2. The summed E-state index contributed by atoms with van der Waals surface area (Å²) in [6, 6.07) is 8.32. The van der Waals surface area contributed by atoms with E-state index in [1.54, 1.807) is 0 Å². The summed E-state index contributed by atoms with van der Waals surface area (Å²) < 4.78 is 6.98. The molecular formula is C28H26N2OS2. The van der Waals surface area contributed by atoms with Gasteiger partial charge in [0.25, 0.3) is 0 Å². The number of nitrogens with zero attached hydrogens (tertiary/aromatic N) is 2. The minimum atomic E-state index is -0.0887. The van der Waals surface area contributed by atoms with Crippen molar-refractivity contribution in [2.75, 3.05) is 0 Å². The van der Waals surface area contributed by atoms with Gasteiger partial charge in [-0.25, -0.2) is 0 Å². The molecule has 6 rings (SSSR count). The molecule has 2 atom stereocenters. The smallest absolute Gasteiger partial charge is 0.152 e. The maximum absolute atomic E-state index is 6.98. The highest BCUT2D eigenvalue weighted by Crippen LogP contribution is 2.57. The second kappa shape index (κ2) is 7.37. The van der Waals surface area contributed by atoms with Crippen LogP contribution in [0.15, 0.2) is 36.7 Å². The molecule has 33 heavy (non-hydrogen) atoms. The van der Waals surface area contributed by atoms with Crippen LogP contribution < -0.4 is 4.74 Å². The van der Waals surface area contributed by atoms with Crippen LogP contribution in [0, 0.1) is 41.5 Å². The second-order valence-corrected chi connectivity index (χ2v) is 11.9. The molecule has 0 bridgehead atoms. The fraction of sp³-hybridized carbons (Fsp3) is 0.286. The molecule has 5 heteroatoms. The van der Waals surface area contributed by atoms with Crippen molar-refractivity contribution >= 4 is 44.5 Å². The molecule has 5 heterocycles. The fourth-order valence-electron chi connectivity index (χ4n) is 5.65. The summed E-state index contributed by atoms with van der Waals surface area (Å²) in [7, 11) is 0. The van der Waals surface area contributed by atoms with E-state index >= 15 is 0 Å². The fourth-order valence-corrected chi connectivity index (χ4v) is 7.86. The summed E-state index contributed by atoms with van der Waals surface area (Å²) in [5.74, 6) is 0.984. The van der Waals surface area contributed by atoms with Gasteiger partial charge >= 0.3 is 0 Å². The molecule has 0 aliphatic carbocycles. The van der Waals surface area contributed by atoms with Crippen LogP contribution in [0.5, 0.6) is 5.75 Å². The van der Waals surface area contributed by atoms with E-state index in [2.05, 4.69) is 53.7 Å². The molecule has 0 saturated carbocycles. The second-order valence-electron chi connectivity index (χ2n) is 9.06. The van der Waals surface area contributed by atoms with Crippen molar-refractivity contribution in [3.05, 3.63) is 84.0 Å². The third-order valence-electron chi connectivity index (χ3n) is 7.31. The number of ether oxygens (including phenoxy) is 1. The summed E-state index contributed by atoms with van der Waals surface area (Å²) in [5, 5.41) is 2.24. The van der Waals surface area contributed by atoms with E-state index in [-0.39, 0.29) is 12.0 Å². The van der Waals surface area contributed by atoms with Crippen LogP contribution in [0.25, 0.3) is 21.8 Å². The first kappa shape index (κ1) is 20.8. The summed E-state index contributed by atoms with van der Waals surface area (Å²) in [5.41, 5.74) is 8.60.